The Morgan fingerprint density at radius 3 is 1.82 bits per heavy atom. The lowest BCUT2D eigenvalue weighted by Crippen LogP contribution is -2.32. The van der Waals surface area contributed by atoms with Gasteiger partial charge in [-0.2, -0.15) is 0 Å². The van der Waals surface area contributed by atoms with Crippen molar-refractivity contribution in [3.8, 4) is 0 Å². The summed E-state index contributed by atoms with van der Waals surface area (Å²) in [5, 5.41) is 15.9. The van der Waals surface area contributed by atoms with Crippen LogP contribution in [0, 0.1) is 0 Å². The Labute approximate surface area is 67.4 Å². The number of rotatable bonds is 2. The number of nitrogens with zero attached hydrogens (tertiary/aromatic N) is 1. The van der Waals surface area contributed by atoms with Crippen LogP contribution in [0.25, 0.3) is 0 Å². The third-order valence-corrected chi connectivity index (χ3v) is 1.13. The van der Waals surface area contributed by atoms with Crippen LogP contribution in [0.3, 0.4) is 0 Å². The quantitative estimate of drug-likeness (QED) is 0.602. The predicted molar refractivity (Wildman–Crippen MR) is 43.5 cm³/mol. The summed E-state index contributed by atoms with van der Waals surface area (Å²) >= 11 is 0. The van der Waals surface area contributed by atoms with Gasteiger partial charge in [-0.05, 0) is 27.9 Å². The van der Waals surface area contributed by atoms with Gasteiger partial charge in [0, 0.05) is 6.61 Å². The van der Waals surface area contributed by atoms with Gasteiger partial charge in [0.2, 0.25) is 0 Å². The van der Waals surface area contributed by atoms with E-state index >= 15 is 0 Å². The van der Waals surface area contributed by atoms with Gasteiger partial charge in [0.25, 0.3) is 0 Å². The van der Waals surface area contributed by atoms with E-state index in [1.54, 1.807) is 32.8 Å². The molecule has 0 fully saturated rings. The first kappa shape index (κ1) is 13.0. The van der Waals surface area contributed by atoms with Crippen LogP contribution in [0.2, 0.25) is 0 Å². The minimum atomic E-state index is -0.782. The number of aliphatic hydroxyl groups is 1. The maximum Gasteiger partial charge on any atom is 0.320 e. The third kappa shape index (κ3) is 9.39. The number of likely N-dealkylation sites (N-methyl/N-ethyl adjacent to an activating group) is 1. The summed E-state index contributed by atoms with van der Waals surface area (Å²) in [5.41, 5.74) is 0. The molecule has 0 heterocycles. The van der Waals surface area contributed by atoms with Gasteiger partial charge < -0.3 is 10.2 Å². The molecule has 0 bridgehead atoms. The van der Waals surface area contributed by atoms with E-state index < -0.39 is 5.97 Å². The molecule has 2 N–H and O–H groups in total. The van der Waals surface area contributed by atoms with Crippen LogP contribution in [-0.2, 0) is 4.79 Å². The second-order valence-electron chi connectivity index (χ2n) is 2.29. The molecule has 0 aromatic rings. The Hall–Kier alpha value is -0.610. The van der Waals surface area contributed by atoms with Crippen LogP contribution in [0.5, 0.6) is 0 Å². The summed E-state index contributed by atoms with van der Waals surface area (Å²) in [6.07, 6.45) is 0. The summed E-state index contributed by atoms with van der Waals surface area (Å²) in [7, 11) is 3.47. The van der Waals surface area contributed by atoms with Crippen molar-refractivity contribution in [3.63, 3.8) is 0 Å². The lowest BCUT2D eigenvalue weighted by Gasteiger charge is -2.13. The molecule has 0 saturated heterocycles. The third-order valence-electron chi connectivity index (χ3n) is 1.13. The molecular formula is C7H17NO3. The molecule has 0 aliphatic rings. The zero-order chi connectivity index (χ0) is 9.44. The fourth-order valence-corrected chi connectivity index (χ4v) is 0.221. The molecule has 0 rings (SSSR count). The van der Waals surface area contributed by atoms with Crippen LogP contribution >= 0.6 is 0 Å². The fourth-order valence-electron chi connectivity index (χ4n) is 0.221. The molecule has 4 nitrogen and oxygen atoms in total. The maximum absolute atomic E-state index is 10.1. The van der Waals surface area contributed by atoms with Gasteiger partial charge in [-0.3, -0.25) is 9.69 Å². The molecule has 0 aliphatic heterocycles. The van der Waals surface area contributed by atoms with Gasteiger partial charge in [0.05, 0.1) is 0 Å². The number of aliphatic hydroxyl groups excluding tert-OH is 1. The van der Waals surface area contributed by atoms with Crippen molar-refractivity contribution >= 4 is 5.97 Å². The predicted octanol–water partition coefficient (Wildman–Crippen LogP) is 0.0197. The van der Waals surface area contributed by atoms with E-state index in [1.807, 2.05) is 0 Å². The van der Waals surface area contributed by atoms with Crippen LogP contribution in [0.1, 0.15) is 13.8 Å². The maximum atomic E-state index is 10.1. The molecule has 0 saturated carbocycles. The fraction of sp³-hybridized carbons (Fsp3) is 0.857. The molecule has 0 spiro atoms. The van der Waals surface area contributed by atoms with Crippen LogP contribution in [0.4, 0.5) is 0 Å². The van der Waals surface area contributed by atoms with Crippen molar-refractivity contribution in [3.05, 3.63) is 0 Å². The highest BCUT2D eigenvalue weighted by Gasteiger charge is 2.11. The Morgan fingerprint density at radius 2 is 1.82 bits per heavy atom. The van der Waals surface area contributed by atoms with E-state index in [0.717, 1.165) is 0 Å². The molecule has 0 amide bonds. The first-order chi connectivity index (χ1) is 4.97. The van der Waals surface area contributed by atoms with Gasteiger partial charge >= 0.3 is 5.97 Å². The molecule has 68 valence electrons. The van der Waals surface area contributed by atoms with Gasteiger partial charge in [-0.15, -0.1) is 0 Å². The highest BCUT2D eigenvalue weighted by Crippen LogP contribution is 1.88. The number of aliphatic carboxylic acids is 1. The number of carboxylic acid groups (broad SMARTS) is 1. The summed E-state index contributed by atoms with van der Waals surface area (Å²) in [6.45, 7) is 3.57. The Bertz CT molecular complexity index is 104. The monoisotopic (exact) mass is 163 g/mol. The zero-order valence-electron chi connectivity index (χ0n) is 7.53. The van der Waals surface area contributed by atoms with Gasteiger partial charge in [0.1, 0.15) is 6.04 Å². The lowest BCUT2D eigenvalue weighted by molar-refractivity contribution is -0.141. The molecule has 0 aliphatic carbocycles. The second kappa shape index (κ2) is 7.50. The van der Waals surface area contributed by atoms with Gasteiger partial charge in [0.15, 0.2) is 0 Å². The zero-order valence-corrected chi connectivity index (χ0v) is 7.53. The van der Waals surface area contributed by atoms with Crippen LogP contribution in [0.15, 0.2) is 0 Å². The largest absolute Gasteiger partial charge is 0.480 e. The average Bonchev–Trinajstić information content (AvgIpc) is 1.87. The summed E-state index contributed by atoms with van der Waals surface area (Å²) in [4.78, 5) is 11.7. The first-order valence-corrected chi connectivity index (χ1v) is 3.47. The van der Waals surface area contributed by atoms with E-state index in [-0.39, 0.29) is 12.6 Å². The second-order valence-corrected chi connectivity index (χ2v) is 2.29. The number of hydrogen-bond donors (Lipinski definition) is 2. The molecule has 11 heavy (non-hydrogen) atoms. The smallest absolute Gasteiger partial charge is 0.320 e. The van der Waals surface area contributed by atoms with E-state index in [2.05, 4.69) is 0 Å². The van der Waals surface area contributed by atoms with Crippen molar-refractivity contribution in [1.29, 1.82) is 0 Å². The van der Waals surface area contributed by atoms with Crippen molar-refractivity contribution < 1.29 is 15.0 Å². The Morgan fingerprint density at radius 1 is 1.55 bits per heavy atom. The van der Waals surface area contributed by atoms with E-state index in [1.165, 1.54) is 0 Å². The minimum absolute atomic E-state index is 0.250. The highest BCUT2D eigenvalue weighted by molar-refractivity contribution is 5.72. The van der Waals surface area contributed by atoms with Gasteiger partial charge in [-0.1, -0.05) is 0 Å². The average molecular weight is 163 g/mol. The summed E-state index contributed by atoms with van der Waals surface area (Å²) < 4.78 is 0. The standard InChI is InChI=1S/C5H11NO2.C2H6O/c1-4(5(7)8)6(2)3;1-2-3/h4H,1-3H3,(H,7,8);3H,2H2,1H3. The van der Waals surface area contributed by atoms with Crippen molar-refractivity contribution in [1.82, 2.24) is 4.90 Å². The minimum Gasteiger partial charge on any atom is -0.480 e. The normalized spacial score (nSPS) is 11.8. The van der Waals surface area contributed by atoms with Crippen molar-refractivity contribution in [2.45, 2.75) is 19.9 Å². The number of carbonyl (C=O) groups is 1. The molecule has 4 heteroatoms. The van der Waals surface area contributed by atoms with E-state index in [9.17, 15) is 4.79 Å². The van der Waals surface area contributed by atoms with Gasteiger partial charge in [-0.25, -0.2) is 0 Å². The van der Waals surface area contributed by atoms with Crippen LogP contribution in [-0.4, -0.2) is 47.8 Å². The van der Waals surface area contributed by atoms with Crippen molar-refractivity contribution in [2.75, 3.05) is 20.7 Å². The first-order valence-electron chi connectivity index (χ1n) is 3.47. The molecule has 1 unspecified atom stereocenters. The molecular weight excluding hydrogens is 146 g/mol. The topological polar surface area (TPSA) is 60.8 Å². The Balaban J connectivity index is 0. The Kier molecular flexibility index (Phi) is 8.87. The SMILES string of the molecule is CC(C(=O)O)N(C)C.CCO. The number of hydrogen-bond acceptors (Lipinski definition) is 3. The van der Waals surface area contributed by atoms with E-state index in [4.69, 9.17) is 10.2 Å². The molecule has 0 aromatic heterocycles. The lowest BCUT2D eigenvalue weighted by atomic mass is 10.3. The number of carboxylic acids is 1. The van der Waals surface area contributed by atoms with E-state index in [0.29, 0.717) is 0 Å². The van der Waals surface area contributed by atoms with Crippen molar-refractivity contribution in [2.24, 2.45) is 0 Å². The molecule has 1 atom stereocenters. The highest BCUT2D eigenvalue weighted by atomic mass is 16.4. The van der Waals surface area contributed by atoms with Crippen LogP contribution < -0.4 is 0 Å². The summed E-state index contributed by atoms with van der Waals surface area (Å²) in [5.74, 6) is -0.782. The summed E-state index contributed by atoms with van der Waals surface area (Å²) in [6, 6.07) is -0.380. The molecule has 0 aromatic carbocycles. The molecule has 0 radical (unpaired) electrons.